The predicted molar refractivity (Wildman–Crippen MR) is 156 cm³/mol. The molecule has 7 nitrogen and oxygen atoms in total. The van der Waals surface area contributed by atoms with Crippen LogP contribution in [0.2, 0.25) is 0 Å². The molecule has 0 aliphatic carbocycles. The van der Waals surface area contributed by atoms with E-state index in [2.05, 4.69) is 53.5 Å². The van der Waals surface area contributed by atoms with Gasteiger partial charge < -0.3 is 10.1 Å². The maximum atomic E-state index is 13.4. The summed E-state index contributed by atoms with van der Waals surface area (Å²) in [4.78, 5) is 15.7. The second-order valence-electron chi connectivity index (χ2n) is 10.1. The van der Waals surface area contributed by atoms with Gasteiger partial charge >= 0.3 is 0 Å². The molecular weight excluding hydrogens is 510 g/mol. The van der Waals surface area contributed by atoms with Crippen LogP contribution < -0.4 is 9.62 Å². The summed E-state index contributed by atoms with van der Waals surface area (Å²) in [6.45, 7) is 5.97. The molecule has 208 valence electrons. The van der Waals surface area contributed by atoms with Gasteiger partial charge in [0.2, 0.25) is 10.0 Å². The van der Waals surface area contributed by atoms with Gasteiger partial charge in [-0.1, -0.05) is 74.5 Å². The highest BCUT2D eigenvalue weighted by atomic mass is 32.2. The quantitative estimate of drug-likeness (QED) is 0.357. The number of nitrogens with one attached hydrogen (secondary N) is 1. The van der Waals surface area contributed by atoms with Crippen LogP contribution in [0.5, 0.6) is 0 Å². The molecule has 8 heteroatoms. The summed E-state index contributed by atoms with van der Waals surface area (Å²) in [5.41, 5.74) is 4.55. The number of aryl methyl sites for hydroxylation is 1. The number of anilines is 1. The zero-order chi connectivity index (χ0) is 27.8. The maximum Gasteiger partial charge on any atom is 0.251 e. The smallest absolute Gasteiger partial charge is 0.251 e. The lowest BCUT2D eigenvalue weighted by Gasteiger charge is -2.25. The number of amides is 1. The molecule has 1 aliphatic rings. The molecule has 0 aromatic heterocycles. The van der Waals surface area contributed by atoms with Gasteiger partial charge in [-0.2, -0.15) is 0 Å². The van der Waals surface area contributed by atoms with Gasteiger partial charge in [0, 0.05) is 25.7 Å². The van der Waals surface area contributed by atoms with Gasteiger partial charge in [-0.25, -0.2) is 8.42 Å². The number of hydrogen-bond donors (Lipinski definition) is 1. The Hall–Kier alpha value is -3.20. The van der Waals surface area contributed by atoms with Crippen LogP contribution in [0.25, 0.3) is 0 Å². The van der Waals surface area contributed by atoms with E-state index >= 15 is 0 Å². The molecule has 1 fully saturated rings. The van der Waals surface area contributed by atoms with Crippen LogP contribution in [-0.2, 0) is 34.1 Å². The van der Waals surface area contributed by atoms with Crippen molar-refractivity contribution in [2.24, 2.45) is 0 Å². The van der Waals surface area contributed by atoms with Gasteiger partial charge in [-0.15, -0.1) is 0 Å². The van der Waals surface area contributed by atoms with Crippen LogP contribution in [0.15, 0.2) is 78.9 Å². The highest BCUT2D eigenvalue weighted by molar-refractivity contribution is 7.92. The normalized spacial score (nSPS) is 16.6. The average molecular weight is 550 g/mol. The molecule has 1 amide bonds. The molecular formula is C31H39N3O4S. The lowest BCUT2D eigenvalue weighted by atomic mass is 10.00. The first kappa shape index (κ1) is 28.8. The average Bonchev–Trinajstić information content (AvgIpc) is 3.41. The van der Waals surface area contributed by atoms with Gasteiger partial charge in [0.1, 0.15) is 0 Å². The predicted octanol–water partition coefficient (Wildman–Crippen LogP) is 4.62. The van der Waals surface area contributed by atoms with Crippen molar-refractivity contribution >= 4 is 21.6 Å². The Morgan fingerprint density at radius 3 is 2.46 bits per heavy atom. The van der Waals surface area contributed by atoms with Crippen molar-refractivity contribution in [2.75, 3.05) is 30.4 Å². The molecule has 0 spiro atoms. The van der Waals surface area contributed by atoms with E-state index in [1.54, 1.807) is 24.3 Å². The summed E-state index contributed by atoms with van der Waals surface area (Å²) in [6.07, 6.45) is 1.97. The molecule has 3 aromatic carbocycles. The fraction of sp³-hybridized carbons (Fsp3) is 0.387. The lowest BCUT2D eigenvalue weighted by molar-refractivity contribution is 0.0599. The molecule has 0 radical (unpaired) electrons. The fourth-order valence-corrected chi connectivity index (χ4v) is 6.14. The van der Waals surface area contributed by atoms with E-state index in [1.807, 2.05) is 25.1 Å². The van der Waals surface area contributed by atoms with Gasteiger partial charge in [-0.3, -0.25) is 14.0 Å². The van der Waals surface area contributed by atoms with Crippen molar-refractivity contribution in [2.45, 2.75) is 51.8 Å². The van der Waals surface area contributed by atoms with E-state index in [9.17, 15) is 13.2 Å². The van der Waals surface area contributed by atoms with E-state index < -0.39 is 10.0 Å². The summed E-state index contributed by atoms with van der Waals surface area (Å²) in [5, 5.41) is 3.20. The third kappa shape index (κ3) is 7.68. The number of sulfonamides is 1. The first-order valence-electron chi connectivity index (χ1n) is 13.6. The van der Waals surface area contributed by atoms with Gasteiger partial charge in [-0.05, 0) is 54.2 Å². The molecule has 0 bridgehead atoms. The van der Waals surface area contributed by atoms with E-state index in [0.29, 0.717) is 37.4 Å². The first-order valence-corrected chi connectivity index (χ1v) is 15.2. The SMILES string of the molecule is CCCS(=O)(=O)N(C)c1cccc(C(=O)N[C@@H](Cc2ccccc2)[C@H]2CN(Cc3cccc(CC)c3)CO2)c1. The van der Waals surface area contributed by atoms with Crippen molar-refractivity contribution in [1.82, 2.24) is 10.2 Å². The molecule has 0 saturated carbocycles. The van der Waals surface area contributed by atoms with Gasteiger partial charge in [0.05, 0.1) is 30.3 Å². The Kier molecular flexibility index (Phi) is 9.78. The maximum absolute atomic E-state index is 13.4. The molecule has 1 saturated heterocycles. The molecule has 1 heterocycles. The second kappa shape index (κ2) is 13.2. The highest BCUT2D eigenvalue weighted by Crippen LogP contribution is 2.21. The Labute approximate surface area is 232 Å². The van der Waals surface area contributed by atoms with Crippen LogP contribution in [-0.4, -0.2) is 57.4 Å². The summed E-state index contributed by atoms with van der Waals surface area (Å²) in [5.74, 6) is -0.200. The van der Waals surface area contributed by atoms with E-state index in [4.69, 9.17) is 4.74 Å². The Morgan fingerprint density at radius 2 is 1.72 bits per heavy atom. The van der Waals surface area contributed by atoms with Crippen LogP contribution in [0.1, 0.15) is 47.3 Å². The third-order valence-electron chi connectivity index (χ3n) is 7.13. The topological polar surface area (TPSA) is 79.0 Å². The molecule has 4 rings (SSSR count). The molecule has 0 unspecified atom stereocenters. The summed E-state index contributed by atoms with van der Waals surface area (Å²) >= 11 is 0. The number of hydrogen-bond acceptors (Lipinski definition) is 5. The van der Waals surface area contributed by atoms with Crippen molar-refractivity contribution in [3.05, 3.63) is 101 Å². The number of carbonyl (C=O) groups excluding carboxylic acids is 1. The molecule has 1 N–H and O–H groups in total. The van der Waals surface area contributed by atoms with Gasteiger partial charge in [0.25, 0.3) is 5.91 Å². The van der Waals surface area contributed by atoms with Crippen molar-refractivity contribution < 1.29 is 17.9 Å². The van der Waals surface area contributed by atoms with Crippen molar-refractivity contribution in [3.63, 3.8) is 0 Å². The minimum Gasteiger partial charge on any atom is -0.359 e. The summed E-state index contributed by atoms with van der Waals surface area (Å²) < 4.78 is 32.6. The van der Waals surface area contributed by atoms with E-state index in [1.165, 1.54) is 22.5 Å². The van der Waals surface area contributed by atoms with Crippen molar-refractivity contribution in [1.29, 1.82) is 0 Å². The lowest BCUT2D eigenvalue weighted by Crippen LogP contribution is -2.46. The highest BCUT2D eigenvalue weighted by Gasteiger charge is 2.32. The number of rotatable bonds is 12. The molecule has 3 aromatic rings. The molecule has 1 aliphatic heterocycles. The number of benzene rings is 3. The summed E-state index contributed by atoms with van der Waals surface area (Å²) in [6, 6.07) is 25.2. The standard InChI is InChI=1S/C31H39N3O4S/c1-4-17-39(36,37)33(3)28-16-10-15-27(20-28)31(35)32-29(19-25-11-7-6-8-12-25)30-22-34(23-38-30)21-26-14-9-13-24(5-2)18-26/h6-16,18,20,29-30H,4-5,17,19,21-23H2,1-3H3,(H,32,35)/t29-,30+/m0/s1. The fourth-order valence-electron chi connectivity index (χ4n) is 4.91. The first-order chi connectivity index (χ1) is 18.8. The minimum absolute atomic E-state index is 0.0529. The number of ether oxygens (including phenoxy) is 1. The van der Waals surface area contributed by atoms with Crippen molar-refractivity contribution in [3.8, 4) is 0 Å². The largest absolute Gasteiger partial charge is 0.359 e. The third-order valence-corrected chi connectivity index (χ3v) is 9.10. The number of carbonyl (C=O) groups is 1. The zero-order valence-corrected chi connectivity index (χ0v) is 23.9. The summed E-state index contributed by atoms with van der Waals surface area (Å²) in [7, 11) is -1.92. The molecule has 39 heavy (non-hydrogen) atoms. The zero-order valence-electron chi connectivity index (χ0n) is 23.0. The van der Waals surface area contributed by atoms with Crippen LogP contribution in [0, 0.1) is 0 Å². The Balaban J connectivity index is 1.49. The number of nitrogens with zero attached hydrogens (tertiary/aromatic N) is 2. The second-order valence-corrected chi connectivity index (χ2v) is 12.2. The van der Waals surface area contributed by atoms with Crippen LogP contribution in [0.4, 0.5) is 5.69 Å². The Morgan fingerprint density at radius 1 is 1.00 bits per heavy atom. The van der Waals surface area contributed by atoms with E-state index in [0.717, 1.165) is 18.5 Å². The monoisotopic (exact) mass is 549 g/mol. The minimum atomic E-state index is -3.44. The van der Waals surface area contributed by atoms with Gasteiger partial charge in [0.15, 0.2) is 0 Å². The van der Waals surface area contributed by atoms with Crippen LogP contribution in [0.3, 0.4) is 0 Å². The Bertz CT molecular complexity index is 1350. The van der Waals surface area contributed by atoms with Crippen LogP contribution >= 0.6 is 0 Å². The van der Waals surface area contributed by atoms with E-state index in [-0.39, 0.29) is 23.8 Å². The molecule has 2 atom stereocenters.